The first-order chi connectivity index (χ1) is 19.2. The van der Waals surface area contributed by atoms with E-state index in [4.69, 9.17) is 21.1 Å². The fourth-order valence-electron chi connectivity index (χ4n) is 3.29. The van der Waals surface area contributed by atoms with Crippen LogP contribution in [0.3, 0.4) is 0 Å². The Bertz CT molecular complexity index is 1450. The van der Waals surface area contributed by atoms with Gasteiger partial charge in [0, 0.05) is 22.5 Å². The topological polar surface area (TPSA) is 98.8 Å². The molecule has 3 aromatic carbocycles. The van der Waals surface area contributed by atoms with Gasteiger partial charge in [0.1, 0.15) is 33.7 Å². The maximum absolute atomic E-state index is 12.7. The third kappa shape index (κ3) is 8.61. The van der Waals surface area contributed by atoms with Crippen LogP contribution in [0.5, 0.6) is 23.0 Å². The van der Waals surface area contributed by atoms with Crippen molar-refractivity contribution in [1.82, 2.24) is 15.6 Å². The lowest BCUT2D eigenvalue weighted by Gasteiger charge is -2.13. The Balaban J connectivity index is 1.24. The van der Waals surface area contributed by atoms with Crippen LogP contribution in [0.15, 0.2) is 78.2 Å². The molecule has 0 unspecified atom stereocenters. The monoisotopic (exact) mass is 591 g/mol. The summed E-state index contributed by atoms with van der Waals surface area (Å²) >= 11 is 7.54. The van der Waals surface area contributed by atoms with E-state index < -0.39 is 23.9 Å². The highest BCUT2D eigenvalue weighted by molar-refractivity contribution is 7.09. The molecule has 0 aliphatic carbocycles. The molecule has 0 spiro atoms. The van der Waals surface area contributed by atoms with Crippen molar-refractivity contribution in [2.45, 2.75) is 19.5 Å². The van der Waals surface area contributed by atoms with Gasteiger partial charge < -0.3 is 24.8 Å². The number of aromatic nitrogens is 1. The number of rotatable bonds is 11. The van der Waals surface area contributed by atoms with Gasteiger partial charge in [-0.1, -0.05) is 35.9 Å². The van der Waals surface area contributed by atoms with Crippen molar-refractivity contribution in [2.24, 2.45) is 0 Å². The largest absolute Gasteiger partial charge is 0.573 e. The number of hydrogen-bond acceptors (Lipinski definition) is 7. The summed E-state index contributed by atoms with van der Waals surface area (Å²) in [6.45, 7) is -0.216. The molecule has 0 saturated carbocycles. The van der Waals surface area contributed by atoms with E-state index in [1.807, 2.05) is 18.2 Å². The minimum absolute atomic E-state index is 0.0536. The summed E-state index contributed by atoms with van der Waals surface area (Å²) in [5.41, 5.74) is 0.774. The van der Waals surface area contributed by atoms with Crippen molar-refractivity contribution in [3.63, 3.8) is 0 Å². The number of hydrogen-bond donors (Lipinski definition) is 2. The third-order valence-electron chi connectivity index (χ3n) is 5.12. The van der Waals surface area contributed by atoms with E-state index in [1.165, 1.54) is 23.5 Å². The van der Waals surface area contributed by atoms with E-state index in [9.17, 15) is 22.8 Å². The number of ether oxygens (including phenoxy) is 3. The molecule has 0 fully saturated rings. The second-order valence-corrected chi connectivity index (χ2v) is 9.38. The van der Waals surface area contributed by atoms with Crippen LogP contribution in [0.2, 0.25) is 5.02 Å². The van der Waals surface area contributed by atoms with Crippen LogP contribution in [0.4, 0.5) is 13.2 Å². The zero-order chi connectivity index (χ0) is 28.5. The number of thiazole rings is 1. The molecule has 8 nitrogen and oxygen atoms in total. The summed E-state index contributed by atoms with van der Waals surface area (Å²) in [4.78, 5) is 29.0. The van der Waals surface area contributed by atoms with Crippen LogP contribution in [-0.2, 0) is 17.9 Å². The highest BCUT2D eigenvalue weighted by Crippen LogP contribution is 2.30. The molecular weight excluding hydrogens is 571 g/mol. The smallest absolute Gasteiger partial charge is 0.484 e. The lowest BCUT2D eigenvalue weighted by atomic mass is 10.2. The number of nitrogens with one attached hydrogen (secondary N) is 2. The van der Waals surface area contributed by atoms with Crippen LogP contribution in [-0.4, -0.2) is 29.8 Å². The molecule has 1 aromatic heterocycles. The normalized spacial score (nSPS) is 11.0. The SMILES string of the molecule is O=C(COc1ccc(OC(F)(F)F)cc1)NCc1nc(C(=O)NCc2c(Cl)cccc2Oc2ccccc2)cs1. The quantitative estimate of drug-likeness (QED) is 0.218. The van der Waals surface area contributed by atoms with Crippen LogP contribution in [0.25, 0.3) is 0 Å². The second-order valence-electron chi connectivity index (χ2n) is 8.03. The van der Waals surface area contributed by atoms with Crippen LogP contribution < -0.4 is 24.8 Å². The lowest BCUT2D eigenvalue weighted by molar-refractivity contribution is -0.274. The Kier molecular flexibility index (Phi) is 9.46. The van der Waals surface area contributed by atoms with Gasteiger partial charge in [-0.3, -0.25) is 9.59 Å². The standard InChI is InChI=1S/C27H21ClF3N3O5S/c28-21-7-4-8-23(38-18-5-2-1-3-6-18)20(21)13-33-26(36)22-16-40-25(34-22)14-32-24(35)15-37-17-9-11-19(12-10-17)39-27(29,30)31/h1-12,16H,13-15H2,(H,32,35)(H,33,36). The molecule has 0 aliphatic rings. The summed E-state index contributed by atoms with van der Waals surface area (Å²) < 4.78 is 51.6. The molecule has 0 aliphatic heterocycles. The Morgan fingerprint density at radius 1 is 0.875 bits per heavy atom. The van der Waals surface area contributed by atoms with Crippen molar-refractivity contribution in [1.29, 1.82) is 0 Å². The van der Waals surface area contributed by atoms with Gasteiger partial charge in [-0.15, -0.1) is 24.5 Å². The van der Waals surface area contributed by atoms with E-state index >= 15 is 0 Å². The Morgan fingerprint density at radius 2 is 1.60 bits per heavy atom. The van der Waals surface area contributed by atoms with Gasteiger partial charge in [0.15, 0.2) is 6.61 Å². The number of benzene rings is 3. The molecule has 0 atom stereocenters. The third-order valence-corrected chi connectivity index (χ3v) is 6.32. The van der Waals surface area contributed by atoms with Gasteiger partial charge in [0.2, 0.25) is 0 Å². The average molecular weight is 592 g/mol. The van der Waals surface area contributed by atoms with Gasteiger partial charge in [0.05, 0.1) is 6.54 Å². The minimum atomic E-state index is -4.80. The first-order valence-corrected chi connectivity index (χ1v) is 12.9. The number of carbonyl (C=O) groups is 2. The van der Waals surface area contributed by atoms with Gasteiger partial charge >= 0.3 is 6.36 Å². The van der Waals surface area contributed by atoms with Gasteiger partial charge in [0.25, 0.3) is 11.8 Å². The van der Waals surface area contributed by atoms with Crippen LogP contribution in [0, 0.1) is 0 Å². The average Bonchev–Trinajstić information content (AvgIpc) is 3.40. The maximum Gasteiger partial charge on any atom is 0.573 e. The predicted octanol–water partition coefficient (Wildman–Crippen LogP) is 6.11. The fraction of sp³-hybridized carbons (Fsp3) is 0.148. The summed E-state index contributed by atoms with van der Waals surface area (Å²) in [6, 6.07) is 19.0. The molecule has 2 amide bonds. The lowest BCUT2D eigenvalue weighted by Crippen LogP contribution is -2.28. The molecule has 4 rings (SSSR count). The molecule has 13 heteroatoms. The number of nitrogens with zero attached hydrogens (tertiary/aromatic N) is 1. The molecule has 2 N–H and O–H groups in total. The van der Waals surface area contributed by atoms with E-state index in [1.54, 1.807) is 35.7 Å². The molecule has 208 valence electrons. The Labute approximate surface area is 235 Å². The van der Waals surface area contributed by atoms with Crippen molar-refractivity contribution in [2.75, 3.05) is 6.61 Å². The summed E-state index contributed by atoms with van der Waals surface area (Å²) in [5, 5.41) is 7.86. The summed E-state index contributed by atoms with van der Waals surface area (Å²) in [6.07, 6.45) is -4.80. The number of halogens is 4. The summed E-state index contributed by atoms with van der Waals surface area (Å²) in [7, 11) is 0. The highest BCUT2D eigenvalue weighted by atomic mass is 35.5. The zero-order valence-electron chi connectivity index (χ0n) is 20.5. The molecule has 40 heavy (non-hydrogen) atoms. The van der Waals surface area contributed by atoms with Gasteiger partial charge in [-0.25, -0.2) is 4.98 Å². The molecule has 4 aromatic rings. The molecule has 1 heterocycles. The predicted molar refractivity (Wildman–Crippen MR) is 142 cm³/mol. The first-order valence-electron chi connectivity index (χ1n) is 11.6. The van der Waals surface area contributed by atoms with E-state index in [2.05, 4.69) is 20.4 Å². The Morgan fingerprint density at radius 3 is 2.33 bits per heavy atom. The minimum Gasteiger partial charge on any atom is -0.484 e. The first kappa shape index (κ1) is 28.7. The van der Waals surface area contributed by atoms with Crippen LogP contribution in [0.1, 0.15) is 21.1 Å². The molecule has 0 saturated heterocycles. The van der Waals surface area contributed by atoms with Crippen molar-refractivity contribution in [3.8, 4) is 23.0 Å². The van der Waals surface area contributed by atoms with Crippen molar-refractivity contribution in [3.05, 3.63) is 99.5 Å². The molecular formula is C27H21ClF3N3O5S. The van der Waals surface area contributed by atoms with E-state index in [0.29, 0.717) is 27.1 Å². The molecule has 0 radical (unpaired) electrons. The van der Waals surface area contributed by atoms with Crippen molar-refractivity contribution < 1.29 is 37.0 Å². The number of amides is 2. The number of carbonyl (C=O) groups excluding carboxylic acids is 2. The maximum atomic E-state index is 12.7. The van der Waals surface area contributed by atoms with Gasteiger partial charge in [-0.05, 0) is 48.5 Å². The van der Waals surface area contributed by atoms with E-state index in [0.717, 1.165) is 12.1 Å². The summed E-state index contributed by atoms with van der Waals surface area (Å²) in [5.74, 6) is 0.00694. The van der Waals surface area contributed by atoms with Crippen LogP contribution >= 0.6 is 22.9 Å². The van der Waals surface area contributed by atoms with Gasteiger partial charge in [-0.2, -0.15) is 0 Å². The number of alkyl halides is 3. The molecule has 0 bridgehead atoms. The highest BCUT2D eigenvalue weighted by Gasteiger charge is 2.31. The van der Waals surface area contributed by atoms with Crippen molar-refractivity contribution >= 4 is 34.8 Å². The zero-order valence-corrected chi connectivity index (χ0v) is 22.1. The fourth-order valence-corrected chi connectivity index (χ4v) is 4.24. The van der Waals surface area contributed by atoms with E-state index in [-0.39, 0.29) is 31.1 Å². The second kappa shape index (κ2) is 13.2. The Hall–Kier alpha value is -4.29. The number of para-hydroxylation sites is 1.